The molecule has 0 aliphatic heterocycles. The van der Waals surface area contributed by atoms with Crippen LogP contribution in [0.2, 0.25) is 0 Å². The number of nitrogens with zero attached hydrogens (tertiary/aromatic N) is 2. The summed E-state index contributed by atoms with van der Waals surface area (Å²) in [4.78, 5) is 6.90. The highest BCUT2D eigenvalue weighted by Crippen LogP contribution is 2.08. The van der Waals surface area contributed by atoms with E-state index < -0.39 is 0 Å². The molecule has 4 heteroatoms. The summed E-state index contributed by atoms with van der Waals surface area (Å²) in [5.74, 6) is 1.96. The molecule has 0 fully saturated rings. The molecule has 0 atom stereocenters. The van der Waals surface area contributed by atoms with Crippen molar-refractivity contribution in [3.8, 4) is 5.75 Å². The second-order valence-corrected chi connectivity index (χ2v) is 5.38. The minimum Gasteiger partial charge on any atom is -0.494 e. The molecule has 1 aromatic rings. The second kappa shape index (κ2) is 11.9. The van der Waals surface area contributed by atoms with E-state index in [0.717, 1.165) is 50.8 Å². The number of aliphatic imine (C=N–C) groups is 1. The van der Waals surface area contributed by atoms with E-state index in [2.05, 4.69) is 36.1 Å². The Labute approximate surface area is 135 Å². The van der Waals surface area contributed by atoms with Crippen molar-refractivity contribution in [3.05, 3.63) is 30.3 Å². The van der Waals surface area contributed by atoms with Crippen LogP contribution in [0.15, 0.2) is 35.3 Å². The topological polar surface area (TPSA) is 36.9 Å². The lowest BCUT2D eigenvalue weighted by molar-refractivity contribution is 0.308. The third-order valence-corrected chi connectivity index (χ3v) is 3.37. The van der Waals surface area contributed by atoms with Gasteiger partial charge in [0.25, 0.3) is 0 Å². The predicted octanol–water partition coefficient (Wildman–Crippen LogP) is 3.54. The Balaban J connectivity index is 2.22. The number of rotatable bonds is 10. The molecule has 4 nitrogen and oxygen atoms in total. The van der Waals surface area contributed by atoms with Gasteiger partial charge < -0.3 is 15.0 Å². The number of ether oxygens (including phenoxy) is 1. The third-order valence-electron chi connectivity index (χ3n) is 3.37. The number of guanidine groups is 1. The minimum atomic E-state index is 0.752. The van der Waals surface area contributed by atoms with Gasteiger partial charge in [-0.05, 0) is 38.3 Å². The van der Waals surface area contributed by atoms with Crippen molar-refractivity contribution in [2.45, 2.75) is 39.5 Å². The van der Waals surface area contributed by atoms with E-state index in [-0.39, 0.29) is 0 Å². The summed E-state index contributed by atoms with van der Waals surface area (Å²) >= 11 is 0. The van der Waals surface area contributed by atoms with Crippen LogP contribution in [0, 0.1) is 0 Å². The third kappa shape index (κ3) is 7.91. The number of hydrogen-bond acceptors (Lipinski definition) is 2. The first-order valence-electron chi connectivity index (χ1n) is 8.45. The average Bonchev–Trinajstić information content (AvgIpc) is 2.55. The first kappa shape index (κ1) is 18.3. The summed E-state index contributed by atoms with van der Waals surface area (Å²) in [7, 11) is 2.11. The average molecular weight is 305 g/mol. The minimum absolute atomic E-state index is 0.752. The molecule has 0 saturated carbocycles. The highest BCUT2D eigenvalue weighted by atomic mass is 16.5. The smallest absolute Gasteiger partial charge is 0.193 e. The largest absolute Gasteiger partial charge is 0.494 e. The summed E-state index contributed by atoms with van der Waals surface area (Å²) in [6.45, 7) is 7.88. The normalized spacial score (nSPS) is 11.3. The Kier molecular flexibility index (Phi) is 9.92. The van der Waals surface area contributed by atoms with Crippen LogP contribution in [0.3, 0.4) is 0 Å². The summed E-state index contributed by atoms with van der Waals surface area (Å²) < 4.78 is 5.69. The molecule has 0 saturated heterocycles. The van der Waals surface area contributed by atoms with Crippen molar-refractivity contribution in [1.29, 1.82) is 0 Å². The van der Waals surface area contributed by atoms with Crippen LogP contribution in [-0.4, -0.2) is 44.1 Å². The fourth-order valence-electron chi connectivity index (χ4n) is 2.08. The van der Waals surface area contributed by atoms with Crippen LogP contribution in [-0.2, 0) is 0 Å². The molecule has 0 aliphatic carbocycles. The summed E-state index contributed by atoms with van der Waals surface area (Å²) in [5, 5.41) is 3.35. The van der Waals surface area contributed by atoms with E-state index in [0.29, 0.717) is 0 Å². The van der Waals surface area contributed by atoms with E-state index in [1.807, 2.05) is 30.3 Å². The van der Waals surface area contributed by atoms with Gasteiger partial charge in [-0.15, -0.1) is 0 Å². The SMILES string of the molecule is CCCCN(C)C(=NCCCCOc1ccccc1)NCC. The monoisotopic (exact) mass is 305 g/mol. The van der Waals surface area contributed by atoms with Gasteiger partial charge in [0.15, 0.2) is 5.96 Å². The van der Waals surface area contributed by atoms with Crippen molar-refractivity contribution in [1.82, 2.24) is 10.2 Å². The Morgan fingerprint density at radius 1 is 1.14 bits per heavy atom. The molecule has 1 aromatic carbocycles. The van der Waals surface area contributed by atoms with Crippen molar-refractivity contribution >= 4 is 5.96 Å². The maximum absolute atomic E-state index is 5.69. The molecule has 124 valence electrons. The van der Waals surface area contributed by atoms with Crippen LogP contribution in [0.25, 0.3) is 0 Å². The lowest BCUT2D eigenvalue weighted by atomic mass is 10.3. The molecule has 0 bridgehead atoms. The quantitative estimate of drug-likeness (QED) is 0.408. The molecule has 1 N–H and O–H groups in total. The Hall–Kier alpha value is -1.71. The van der Waals surface area contributed by atoms with E-state index >= 15 is 0 Å². The highest BCUT2D eigenvalue weighted by Gasteiger charge is 2.03. The fourth-order valence-corrected chi connectivity index (χ4v) is 2.08. The molecule has 0 amide bonds. The molecular formula is C18H31N3O. The summed E-state index contributed by atoms with van der Waals surface area (Å²) in [6.07, 6.45) is 4.48. The van der Waals surface area contributed by atoms with Crippen molar-refractivity contribution in [3.63, 3.8) is 0 Å². The molecule has 0 unspecified atom stereocenters. The molecule has 22 heavy (non-hydrogen) atoms. The lowest BCUT2D eigenvalue weighted by Gasteiger charge is -2.21. The van der Waals surface area contributed by atoms with Crippen molar-refractivity contribution in [2.75, 3.05) is 33.3 Å². The highest BCUT2D eigenvalue weighted by molar-refractivity contribution is 5.79. The van der Waals surface area contributed by atoms with Crippen LogP contribution in [0.4, 0.5) is 0 Å². The molecule has 0 aliphatic rings. The van der Waals surface area contributed by atoms with Gasteiger partial charge in [-0.3, -0.25) is 4.99 Å². The summed E-state index contributed by atoms with van der Waals surface area (Å²) in [6, 6.07) is 9.97. The number of benzene rings is 1. The van der Waals surface area contributed by atoms with Gasteiger partial charge in [0.05, 0.1) is 6.61 Å². The molecule has 1 rings (SSSR count). The van der Waals surface area contributed by atoms with Crippen LogP contribution < -0.4 is 10.1 Å². The predicted molar refractivity (Wildman–Crippen MR) is 94.7 cm³/mol. The van der Waals surface area contributed by atoms with E-state index in [1.54, 1.807) is 0 Å². The Morgan fingerprint density at radius 2 is 1.91 bits per heavy atom. The number of hydrogen-bond donors (Lipinski definition) is 1. The van der Waals surface area contributed by atoms with Gasteiger partial charge in [0.2, 0.25) is 0 Å². The van der Waals surface area contributed by atoms with Gasteiger partial charge in [-0.2, -0.15) is 0 Å². The van der Waals surface area contributed by atoms with Gasteiger partial charge >= 0.3 is 0 Å². The molecule has 0 spiro atoms. The van der Waals surface area contributed by atoms with Crippen molar-refractivity contribution in [2.24, 2.45) is 4.99 Å². The van der Waals surface area contributed by atoms with Crippen LogP contribution in [0.5, 0.6) is 5.75 Å². The van der Waals surface area contributed by atoms with Gasteiger partial charge in [-0.1, -0.05) is 31.5 Å². The zero-order chi connectivity index (χ0) is 16.0. The standard InChI is InChI=1S/C18H31N3O/c1-4-6-15-21(3)18(19-5-2)20-14-10-11-16-22-17-12-8-7-9-13-17/h7-9,12-13H,4-6,10-11,14-16H2,1-3H3,(H,19,20). The van der Waals surface area contributed by atoms with Crippen molar-refractivity contribution < 1.29 is 4.74 Å². The first-order chi connectivity index (χ1) is 10.8. The fraction of sp³-hybridized carbons (Fsp3) is 0.611. The summed E-state index contributed by atoms with van der Waals surface area (Å²) in [5.41, 5.74) is 0. The zero-order valence-electron chi connectivity index (χ0n) is 14.3. The maximum atomic E-state index is 5.69. The first-order valence-corrected chi connectivity index (χ1v) is 8.45. The number of unbranched alkanes of at least 4 members (excludes halogenated alkanes) is 2. The number of para-hydroxylation sites is 1. The lowest BCUT2D eigenvalue weighted by Crippen LogP contribution is -2.39. The molecular weight excluding hydrogens is 274 g/mol. The maximum Gasteiger partial charge on any atom is 0.193 e. The molecule has 0 radical (unpaired) electrons. The second-order valence-electron chi connectivity index (χ2n) is 5.38. The zero-order valence-corrected chi connectivity index (χ0v) is 14.3. The number of nitrogens with one attached hydrogen (secondary N) is 1. The van der Waals surface area contributed by atoms with E-state index in [4.69, 9.17) is 4.74 Å². The molecule has 0 aromatic heterocycles. The van der Waals surface area contributed by atoms with Gasteiger partial charge in [0.1, 0.15) is 5.75 Å². The van der Waals surface area contributed by atoms with Crippen LogP contribution >= 0.6 is 0 Å². The van der Waals surface area contributed by atoms with Crippen LogP contribution in [0.1, 0.15) is 39.5 Å². The van der Waals surface area contributed by atoms with E-state index in [1.165, 1.54) is 12.8 Å². The van der Waals surface area contributed by atoms with E-state index in [9.17, 15) is 0 Å². The van der Waals surface area contributed by atoms with Gasteiger partial charge in [0, 0.05) is 26.7 Å². The van der Waals surface area contributed by atoms with Gasteiger partial charge in [-0.25, -0.2) is 0 Å². The Bertz CT molecular complexity index is 406. The Morgan fingerprint density at radius 3 is 2.59 bits per heavy atom. The molecule has 0 heterocycles.